The Morgan fingerprint density at radius 2 is 2.29 bits per heavy atom. The molecule has 0 aliphatic rings. The van der Waals surface area contributed by atoms with Crippen molar-refractivity contribution in [3.63, 3.8) is 0 Å². The number of H-pyrrole nitrogens is 1. The Hall–Kier alpha value is -1.91. The van der Waals surface area contributed by atoms with Gasteiger partial charge in [0.05, 0.1) is 18.0 Å². The van der Waals surface area contributed by atoms with E-state index >= 15 is 0 Å². The monoisotopic (exact) mass is 233 g/mol. The van der Waals surface area contributed by atoms with Crippen LogP contribution in [0.25, 0.3) is 11.0 Å². The Morgan fingerprint density at radius 1 is 1.47 bits per heavy atom. The van der Waals surface area contributed by atoms with Gasteiger partial charge in [-0.1, -0.05) is 31.2 Å². The van der Waals surface area contributed by atoms with Crippen LogP contribution < -0.4 is 0 Å². The number of aromatic amines is 1. The summed E-state index contributed by atoms with van der Waals surface area (Å²) in [5.74, 6) is -0.254. The molecule has 1 N–H and O–H groups in total. The van der Waals surface area contributed by atoms with Crippen LogP contribution in [0.3, 0.4) is 0 Å². The lowest BCUT2D eigenvalue weighted by Gasteiger charge is -2.07. The Morgan fingerprint density at radius 3 is 3.06 bits per heavy atom. The maximum absolute atomic E-state index is 11.3. The van der Waals surface area contributed by atoms with E-state index in [0.717, 1.165) is 16.6 Å². The van der Waals surface area contributed by atoms with Gasteiger partial charge in [-0.2, -0.15) is 0 Å². The molecule has 17 heavy (non-hydrogen) atoms. The van der Waals surface area contributed by atoms with E-state index < -0.39 is 0 Å². The number of hydrogen-bond donors (Lipinski definition) is 1. The van der Waals surface area contributed by atoms with Gasteiger partial charge in [0.2, 0.25) is 0 Å². The second-order valence-electron chi connectivity index (χ2n) is 4.20. The van der Waals surface area contributed by atoms with Gasteiger partial charge in [-0.3, -0.25) is 9.89 Å². The number of aromatic nitrogens is 3. The molecule has 1 heterocycles. The van der Waals surface area contributed by atoms with Crippen LogP contribution in [0.1, 0.15) is 19.4 Å². The summed E-state index contributed by atoms with van der Waals surface area (Å²) in [5.41, 5.74) is 2.78. The van der Waals surface area contributed by atoms with Crippen molar-refractivity contribution < 1.29 is 9.53 Å². The number of fused-ring (bicyclic) bond motifs is 1. The first-order valence-corrected chi connectivity index (χ1v) is 5.64. The van der Waals surface area contributed by atoms with Crippen LogP contribution in [0.4, 0.5) is 0 Å². The molecule has 0 fully saturated rings. The van der Waals surface area contributed by atoms with Gasteiger partial charge in [0.1, 0.15) is 5.52 Å². The number of carbonyl (C=O) groups is 1. The fourth-order valence-corrected chi connectivity index (χ4v) is 1.56. The molecule has 0 aliphatic heterocycles. The van der Waals surface area contributed by atoms with Crippen LogP contribution in [-0.2, 0) is 16.0 Å². The minimum absolute atomic E-state index is 0.0853. The zero-order valence-electron chi connectivity index (χ0n) is 9.93. The van der Waals surface area contributed by atoms with Crippen molar-refractivity contribution in [3.8, 4) is 0 Å². The number of rotatable bonds is 4. The smallest absolute Gasteiger partial charge is 0.308 e. The zero-order valence-corrected chi connectivity index (χ0v) is 9.93. The summed E-state index contributed by atoms with van der Waals surface area (Å²) in [6.07, 6.45) is 0.655. The first-order chi connectivity index (χ1) is 8.18. The van der Waals surface area contributed by atoms with Crippen LogP contribution in [0.15, 0.2) is 18.2 Å². The van der Waals surface area contributed by atoms with E-state index in [1.165, 1.54) is 0 Å². The first kappa shape index (κ1) is 11.6. The molecule has 0 aliphatic carbocycles. The maximum atomic E-state index is 11.3. The van der Waals surface area contributed by atoms with Gasteiger partial charge >= 0.3 is 5.97 Å². The Balaban J connectivity index is 1.99. The van der Waals surface area contributed by atoms with E-state index in [9.17, 15) is 4.79 Å². The summed E-state index contributed by atoms with van der Waals surface area (Å²) >= 11 is 0. The number of hydrogen-bond acceptors (Lipinski definition) is 4. The number of nitrogens with zero attached hydrogens (tertiary/aromatic N) is 2. The molecule has 0 atom stereocenters. The van der Waals surface area contributed by atoms with Crippen molar-refractivity contribution >= 4 is 17.0 Å². The van der Waals surface area contributed by atoms with Crippen molar-refractivity contribution in [2.45, 2.75) is 20.3 Å². The Kier molecular flexibility index (Phi) is 3.37. The van der Waals surface area contributed by atoms with E-state index in [1.807, 2.05) is 32.0 Å². The number of ether oxygens (including phenoxy) is 1. The molecule has 0 radical (unpaired) electrons. The summed E-state index contributed by atoms with van der Waals surface area (Å²) in [5, 5.41) is 10.6. The highest BCUT2D eigenvalue weighted by Crippen LogP contribution is 2.14. The number of esters is 1. The molecule has 2 aromatic rings. The average molecular weight is 233 g/mol. The van der Waals surface area contributed by atoms with Crippen molar-refractivity contribution in [2.75, 3.05) is 6.61 Å². The number of benzene rings is 1. The lowest BCUT2D eigenvalue weighted by Crippen LogP contribution is -2.13. The SMILES string of the molecule is CC(C)C(=O)OCCc1cccc2[nH]nnc12. The normalized spacial score (nSPS) is 11.0. The van der Waals surface area contributed by atoms with Crippen molar-refractivity contribution in [3.05, 3.63) is 23.8 Å². The van der Waals surface area contributed by atoms with Crippen LogP contribution in [0, 0.1) is 5.92 Å². The van der Waals surface area contributed by atoms with Crippen LogP contribution in [0.5, 0.6) is 0 Å². The summed E-state index contributed by atoms with van der Waals surface area (Å²) in [6.45, 7) is 4.02. The van der Waals surface area contributed by atoms with Crippen molar-refractivity contribution in [1.29, 1.82) is 0 Å². The fraction of sp³-hybridized carbons (Fsp3) is 0.417. The largest absolute Gasteiger partial charge is 0.465 e. The van der Waals surface area contributed by atoms with Crippen molar-refractivity contribution in [2.24, 2.45) is 5.92 Å². The second kappa shape index (κ2) is 4.95. The number of carbonyl (C=O) groups excluding carboxylic acids is 1. The molecule has 1 aromatic heterocycles. The van der Waals surface area contributed by atoms with Gasteiger partial charge in [0.15, 0.2) is 0 Å². The molecular weight excluding hydrogens is 218 g/mol. The van der Waals surface area contributed by atoms with E-state index in [-0.39, 0.29) is 11.9 Å². The van der Waals surface area contributed by atoms with Gasteiger partial charge in [0, 0.05) is 6.42 Å². The number of nitrogens with one attached hydrogen (secondary N) is 1. The lowest BCUT2D eigenvalue weighted by molar-refractivity contribution is -0.147. The molecular formula is C12H15N3O2. The quantitative estimate of drug-likeness (QED) is 0.816. The van der Waals surface area contributed by atoms with Gasteiger partial charge in [-0.15, -0.1) is 5.10 Å². The molecule has 0 bridgehead atoms. The average Bonchev–Trinajstić information content (AvgIpc) is 2.77. The highest BCUT2D eigenvalue weighted by molar-refractivity contribution is 5.77. The molecule has 0 spiro atoms. The van der Waals surface area contributed by atoms with E-state index in [2.05, 4.69) is 15.4 Å². The molecule has 0 saturated heterocycles. The molecule has 0 amide bonds. The molecule has 0 unspecified atom stereocenters. The highest BCUT2D eigenvalue weighted by atomic mass is 16.5. The second-order valence-corrected chi connectivity index (χ2v) is 4.20. The lowest BCUT2D eigenvalue weighted by atomic mass is 10.1. The minimum Gasteiger partial charge on any atom is -0.465 e. The maximum Gasteiger partial charge on any atom is 0.308 e. The molecule has 90 valence electrons. The van der Waals surface area contributed by atoms with Crippen LogP contribution in [0.2, 0.25) is 0 Å². The van der Waals surface area contributed by atoms with E-state index in [0.29, 0.717) is 13.0 Å². The molecule has 1 aromatic carbocycles. The Labute approximate surface area is 99.2 Å². The van der Waals surface area contributed by atoms with Crippen LogP contribution in [-0.4, -0.2) is 28.0 Å². The topological polar surface area (TPSA) is 67.9 Å². The van der Waals surface area contributed by atoms with Crippen molar-refractivity contribution in [1.82, 2.24) is 15.4 Å². The standard InChI is InChI=1S/C12H15N3O2/c1-8(2)12(16)17-7-6-9-4-3-5-10-11(9)14-15-13-10/h3-5,8H,6-7H2,1-2H3,(H,13,14,15). The van der Waals surface area contributed by atoms with Gasteiger partial charge in [-0.05, 0) is 11.6 Å². The molecule has 0 saturated carbocycles. The van der Waals surface area contributed by atoms with Crippen LogP contribution >= 0.6 is 0 Å². The van der Waals surface area contributed by atoms with E-state index in [1.54, 1.807) is 0 Å². The summed E-state index contributed by atoms with van der Waals surface area (Å²) < 4.78 is 5.14. The third-order valence-electron chi connectivity index (χ3n) is 2.53. The summed E-state index contributed by atoms with van der Waals surface area (Å²) in [4.78, 5) is 11.3. The highest BCUT2D eigenvalue weighted by Gasteiger charge is 2.09. The predicted octanol–water partition coefficient (Wildman–Crippen LogP) is 1.70. The predicted molar refractivity (Wildman–Crippen MR) is 63.4 cm³/mol. The fourth-order valence-electron chi connectivity index (χ4n) is 1.56. The third-order valence-corrected chi connectivity index (χ3v) is 2.53. The Bertz CT molecular complexity index is 519. The van der Waals surface area contributed by atoms with E-state index in [4.69, 9.17) is 4.74 Å². The molecule has 5 heteroatoms. The summed E-state index contributed by atoms with van der Waals surface area (Å²) in [7, 11) is 0. The molecule has 2 rings (SSSR count). The van der Waals surface area contributed by atoms with Gasteiger partial charge in [-0.25, -0.2) is 0 Å². The summed E-state index contributed by atoms with van der Waals surface area (Å²) in [6, 6.07) is 5.81. The third kappa shape index (κ3) is 2.61. The molecule has 5 nitrogen and oxygen atoms in total. The minimum atomic E-state index is -0.169. The van der Waals surface area contributed by atoms with Gasteiger partial charge in [0.25, 0.3) is 0 Å². The van der Waals surface area contributed by atoms with Gasteiger partial charge < -0.3 is 4.74 Å². The zero-order chi connectivity index (χ0) is 12.3. The first-order valence-electron chi connectivity index (χ1n) is 5.64.